The van der Waals surface area contributed by atoms with Crippen LogP contribution in [-0.4, -0.2) is 43.8 Å². The molecule has 6 heteroatoms. The number of amides is 1. The van der Waals surface area contributed by atoms with Crippen molar-refractivity contribution in [1.29, 1.82) is 5.26 Å². The van der Waals surface area contributed by atoms with Gasteiger partial charge in [0, 0.05) is 24.2 Å². The first-order chi connectivity index (χ1) is 14.5. The number of likely N-dealkylation sites (tertiary alicyclic amines) is 1. The number of piperidine rings is 1. The first-order valence-electron chi connectivity index (χ1n) is 10.2. The summed E-state index contributed by atoms with van der Waals surface area (Å²) in [5, 5.41) is 9.81. The minimum atomic E-state index is -0.239. The number of anilines is 1. The van der Waals surface area contributed by atoms with E-state index >= 15 is 0 Å². The maximum absolute atomic E-state index is 13.6. The third kappa shape index (κ3) is 3.03. The van der Waals surface area contributed by atoms with E-state index in [2.05, 4.69) is 31.0 Å². The molecule has 1 fully saturated rings. The fraction of sp³-hybridized carbons (Fsp3) is 0.333. The Kier molecular flexibility index (Phi) is 4.48. The van der Waals surface area contributed by atoms with Gasteiger partial charge in [0.15, 0.2) is 11.5 Å². The van der Waals surface area contributed by atoms with Gasteiger partial charge in [0.2, 0.25) is 6.79 Å². The number of hydrogen-bond donors (Lipinski definition) is 0. The number of aryl methyl sites for hydroxylation is 1. The van der Waals surface area contributed by atoms with E-state index in [4.69, 9.17) is 9.47 Å². The zero-order chi connectivity index (χ0) is 20.8. The largest absolute Gasteiger partial charge is 0.454 e. The van der Waals surface area contributed by atoms with Crippen LogP contribution in [0, 0.1) is 18.3 Å². The fourth-order valence-electron chi connectivity index (χ4n) is 4.79. The summed E-state index contributed by atoms with van der Waals surface area (Å²) in [7, 11) is 2.12. The smallest absolute Gasteiger partial charge is 0.269 e. The fourth-order valence-corrected chi connectivity index (χ4v) is 4.79. The molecule has 0 spiro atoms. The zero-order valence-electron chi connectivity index (χ0n) is 17.1. The molecule has 1 amide bonds. The summed E-state index contributed by atoms with van der Waals surface area (Å²) in [4.78, 5) is 17.7. The highest BCUT2D eigenvalue weighted by Gasteiger charge is 2.44. The van der Waals surface area contributed by atoms with Crippen LogP contribution < -0.4 is 14.4 Å². The Morgan fingerprint density at radius 2 is 2.03 bits per heavy atom. The van der Waals surface area contributed by atoms with E-state index < -0.39 is 0 Å². The molecule has 2 unspecified atom stereocenters. The molecule has 6 nitrogen and oxygen atoms in total. The minimum absolute atomic E-state index is 0.0824. The predicted octanol–water partition coefficient (Wildman–Crippen LogP) is 3.47. The van der Waals surface area contributed by atoms with Crippen LogP contribution >= 0.6 is 0 Å². The monoisotopic (exact) mass is 401 g/mol. The van der Waals surface area contributed by atoms with Gasteiger partial charge in [-0.15, -0.1) is 0 Å². The molecule has 30 heavy (non-hydrogen) atoms. The molecule has 3 aliphatic rings. The number of carbonyl (C=O) groups is 1. The van der Waals surface area contributed by atoms with E-state index in [-0.39, 0.29) is 30.2 Å². The number of rotatable bonds is 2. The lowest BCUT2D eigenvalue weighted by Gasteiger charge is -2.36. The van der Waals surface area contributed by atoms with E-state index in [0.717, 1.165) is 30.8 Å². The van der Waals surface area contributed by atoms with Crippen molar-refractivity contribution in [2.75, 3.05) is 31.8 Å². The Morgan fingerprint density at radius 1 is 1.20 bits per heavy atom. The van der Waals surface area contributed by atoms with E-state index in [1.54, 1.807) is 18.2 Å². The number of carbonyl (C=O) groups excluding carboxylic acids is 1. The summed E-state index contributed by atoms with van der Waals surface area (Å²) in [6.45, 7) is 4.12. The second kappa shape index (κ2) is 7.19. The molecule has 2 aromatic rings. The van der Waals surface area contributed by atoms with Gasteiger partial charge in [0.25, 0.3) is 5.91 Å². The third-order valence-corrected chi connectivity index (χ3v) is 6.23. The van der Waals surface area contributed by atoms with Gasteiger partial charge in [-0.05, 0) is 62.3 Å². The number of benzene rings is 2. The van der Waals surface area contributed by atoms with Gasteiger partial charge in [0.05, 0.1) is 0 Å². The first-order valence-corrected chi connectivity index (χ1v) is 10.2. The molecule has 0 saturated carbocycles. The van der Waals surface area contributed by atoms with E-state index in [9.17, 15) is 10.1 Å². The molecule has 5 rings (SSSR count). The van der Waals surface area contributed by atoms with Crippen molar-refractivity contribution in [2.24, 2.45) is 0 Å². The Bertz CT molecular complexity index is 1100. The lowest BCUT2D eigenvalue weighted by molar-refractivity contribution is -0.115. The highest BCUT2D eigenvalue weighted by Crippen LogP contribution is 2.45. The van der Waals surface area contributed by atoms with Gasteiger partial charge in [0.1, 0.15) is 11.6 Å². The number of hydrogen-bond acceptors (Lipinski definition) is 5. The Labute approximate surface area is 175 Å². The number of ether oxygens (including phenoxy) is 2. The summed E-state index contributed by atoms with van der Waals surface area (Å²) in [6.07, 6.45) is 2.53. The van der Waals surface area contributed by atoms with Gasteiger partial charge < -0.3 is 19.3 Å². The second-order valence-corrected chi connectivity index (χ2v) is 8.24. The maximum atomic E-state index is 13.6. The molecule has 0 bridgehead atoms. The minimum Gasteiger partial charge on any atom is -0.454 e. The van der Waals surface area contributed by atoms with Crippen molar-refractivity contribution in [3.05, 3.63) is 58.7 Å². The number of nitrogens with zero attached hydrogens (tertiary/aromatic N) is 3. The van der Waals surface area contributed by atoms with Crippen LogP contribution in [0.15, 0.2) is 42.0 Å². The van der Waals surface area contributed by atoms with Crippen molar-refractivity contribution in [1.82, 2.24) is 4.90 Å². The van der Waals surface area contributed by atoms with Crippen molar-refractivity contribution in [3.63, 3.8) is 0 Å². The Balaban J connectivity index is 1.52. The van der Waals surface area contributed by atoms with E-state index in [1.165, 1.54) is 11.1 Å². The summed E-state index contributed by atoms with van der Waals surface area (Å²) in [6, 6.07) is 13.9. The van der Waals surface area contributed by atoms with Gasteiger partial charge in [-0.2, -0.15) is 5.26 Å². The van der Waals surface area contributed by atoms with Crippen LogP contribution in [-0.2, 0) is 4.79 Å². The molecule has 0 aromatic heterocycles. The molecule has 3 aliphatic heterocycles. The van der Waals surface area contributed by atoms with Gasteiger partial charge >= 0.3 is 0 Å². The van der Waals surface area contributed by atoms with Crippen molar-refractivity contribution in [2.45, 2.75) is 25.3 Å². The predicted molar refractivity (Wildman–Crippen MR) is 113 cm³/mol. The van der Waals surface area contributed by atoms with Crippen LogP contribution in [0.2, 0.25) is 0 Å². The van der Waals surface area contributed by atoms with E-state index in [1.807, 2.05) is 23.1 Å². The molecule has 0 aliphatic carbocycles. The first kappa shape index (κ1) is 18.7. The third-order valence-electron chi connectivity index (χ3n) is 6.23. The summed E-state index contributed by atoms with van der Waals surface area (Å²) < 4.78 is 10.8. The SMILES string of the molecule is Cc1ccc2c(c1)C1CN(C)CCC1N2C(=O)C(C#N)=Cc1ccc2c(c1)OCO2. The number of fused-ring (bicyclic) bond motifs is 4. The lowest BCUT2D eigenvalue weighted by atomic mass is 9.88. The number of nitriles is 1. The average Bonchev–Trinajstić information content (AvgIpc) is 3.33. The molecule has 2 aromatic carbocycles. The van der Waals surface area contributed by atoms with Crippen LogP contribution in [0.4, 0.5) is 5.69 Å². The summed E-state index contributed by atoms with van der Waals surface area (Å²) in [5.74, 6) is 1.34. The Hall–Kier alpha value is -3.30. The molecular weight excluding hydrogens is 378 g/mol. The lowest BCUT2D eigenvalue weighted by Crippen LogP contribution is -2.47. The van der Waals surface area contributed by atoms with Crippen LogP contribution in [0.5, 0.6) is 11.5 Å². The topological polar surface area (TPSA) is 65.8 Å². The molecule has 1 saturated heterocycles. The number of likely N-dealkylation sites (N-methyl/N-ethyl adjacent to an activating group) is 1. The van der Waals surface area contributed by atoms with Gasteiger partial charge in [-0.25, -0.2) is 0 Å². The molecular formula is C24H23N3O3. The maximum Gasteiger partial charge on any atom is 0.269 e. The second-order valence-electron chi connectivity index (χ2n) is 8.24. The van der Waals surface area contributed by atoms with Gasteiger partial charge in [-0.3, -0.25) is 4.79 Å². The molecule has 152 valence electrons. The molecule has 2 atom stereocenters. The normalized spacial score (nSPS) is 22.4. The molecule has 0 radical (unpaired) electrons. The van der Waals surface area contributed by atoms with Crippen LogP contribution in [0.25, 0.3) is 6.08 Å². The highest BCUT2D eigenvalue weighted by atomic mass is 16.7. The summed E-state index contributed by atoms with van der Waals surface area (Å²) in [5.41, 5.74) is 4.20. The summed E-state index contributed by atoms with van der Waals surface area (Å²) >= 11 is 0. The molecule has 0 N–H and O–H groups in total. The van der Waals surface area contributed by atoms with Crippen molar-refractivity contribution < 1.29 is 14.3 Å². The van der Waals surface area contributed by atoms with E-state index in [0.29, 0.717) is 11.5 Å². The zero-order valence-corrected chi connectivity index (χ0v) is 17.1. The van der Waals surface area contributed by atoms with Crippen LogP contribution in [0.3, 0.4) is 0 Å². The standard InChI is InChI=1S/C24H23N3O3/c1-15-3-5-20-18(9-15)19-13-26(2)8-7-21(19)27(20)24(28)17(12-25)10-16-4-6-22-23(11-16)30-14-29-22/h3-6,9-11,19,21H,7-8,13-14H2,1-2H3. The van der Waals surface area contributed by atoms with Crippen molar-refractivity contribution >= 4 is 17.7 Å². The quantitative estimate of drug-likeness (QED) is 0.570. The molecule has 3 heterocycles. The van der Waals surface area contributed by atoms with Crippen molar-refractivity contribution in [3.8, 4) is 17.6 Å². The van der Waals surface area contributed by atoms with Crippen LogP contribution in [0.1, 0.15) is 29.0 Å². The Morgan fingerprint density at radius 3 is 2.87 bits per heavy atom. The van der Waals surface area contributed by atoms with Gasteiger partial charge in [-0.1, -0.05) is 23.8 Å². The highest BCUT2D eigenvalue weighted by molar-refractivity contribution is 6.12. The average molecular weight is 401 g/mol.